The number of hydrogen-bond donors (Lipinski definition) is 1. The van der Waals surface area contributed by atoms with Crippen LogP contribution in [0.25, 0.3) is 0 Å². The monoisotopic (exact) mass is 358 g/mol. The fourth-order valence-electron chi connectivity index (χ4n) is 3.06. The topological polar surface area (TPSA) is 41.6 Å². The standard InChI is InChI=1S/C20H23ClN2O2/c1-15(25-18-8-4-7-17(21)14-18)20(24)22-11-5-12-23-13-10-16-6-2-3-9-19(16)23/h2-4,6-9,14-15H,5,10-13H2,1H3,(H,22,24)/t15-/m0/s1. The van der Waals surface area contributed by atoms with Gasteiger partial charge in [-0.15, -0.1) is 0 Å². The highest BCUT2D eigenvalue weighted by Crippen LogP contribution is 2.27. The quantitative estimate of drug-likeness (QED) is 0.768. The van der Waals surface area contributed by atoms with Crippen molar-refractivity contribution >= 4 is 23.2 Å². The maximum absolute atomic E-state index is 12.1. The average Bonchev–Trinajstić information content (AvgIpc) is 3.02. The van der Waals surface area contributed by atoms with Crippen molar-refractivity contribution in [3.63, 3.8) is 0 Å². The van der Waals surface area contributed by atoms with E-state index in [1.807, 2.05) is 0 Å². The van der Waals surface area contributed by atoms with Crippen LogP contribution in [0.2, 0.25) is 5.02 Å². The van der Waals surface area contributed by atoms with Crippen molar-refractivity contribution in [2.24, 2.45) is 0 Å². The fraction of sp³-hybridized carbons (Fsp3) is 0.350. The summed E-state index contributed by atoms with van der Waals surface area (Å²) < 4.78 is 5.63. The van der Waals surface area contributed by atoms with Crippen LogP contribution in [0.1, 0.15) is 18.9 Å². The Morgan fingerprint density at radius 2 is 2.12 bits per heavy atom. The summed E-state index contributed by atoms with van der Waals surface area (Å²) in [6.45, 7) is 4.39. The smallest absolute Gasteiger partial charge is 0.260 e. The van der Waals surface area contributed by atoms with Gasteiger partial charge in [-0.2, -0.15) is 0 Å². The van der Waals surface area contributed by atoms with Gasteiger partial charge < -0.3 is 15.0 Å². The molecular formula is C20H23ClN2O2. The van der Waals surface area contributed by atoms with E-state index in [0.717, 1.165) is 25.9 Å². The number of amides is 1. The van der Waals surface area contributed by atoms with E-state index in [1.54, 1.807) is 31.2 Å². The lowest BCUT2D eigenvalue weighted by Gasteiger charge is -2.20. The van der Waals surface area contributed by atoms with Crippen LogP contribution in [0, 0.1) is 0 Å². The van der Waals surface area contributed by atoms with Crippen LogP contribution in [0.4, 0.5) is 5.69 Å². The Bertz CT molecular complexity index is 735. The number of nitrogens with zero attached hydrogens (tertiary/aromatic N) is 1. The molecule has 0 aromatic heterocycles. The van der Waals surface area contributed by atoms with Gasteiger partial charge in [-0.25, -0.2) is 0 Å². The summed E-state index contributed by atoms with van der Waals surface area (Å²) in [6.07, 6.45) is 1.46. The Balaban J connectivity index is 1.39. The van der Waals surface area contributed by atoms with Gasteiger partial charge in [0, 0.05) is 30.3 Å². The van der Waals surface area contributed by atoms with Crippen molar-refractivity contribution in [2.75, 3.05) is 24.5 Å². The summed E-state index contributed by atoms with van der Waals surface area (Å²) in [5, 5.41) is 3.54. The van der Waals surface area contributed by atoms with Crippen molar-refractivity contribution in [3.05, 3.63) is 59.1 Å². The first-order valence-corrected chi connectivity index (χ1v) is 9.04. The predicted octanol–water partition coefficient (Wildman–Crippen LogP) is 3.68. The molecule has 0 radical (unpaired) electrons. The van der Waals surface area contributed by atoms with E-state index in [2.05, 4.69) is 34.5 Å². The molecule has 0 saturated heterocycles. The highest BCUT2D eigenvalue weighted by molar-refractivity contribution is 6.30. The molecule has 0 aliphatic carbocycles. The second-order valence-corrected chi connectivity index (χ2v) is 6.66. The third-order valence-electron chi connectivity index (χ3n) is 4.37. The lowest BCUT2D eigenvalue weighted by Crippen LogP contribution is -2.37. The fourth-order valence-corrected chi connectivity index (χ4v) is 3.24. The molecule has 1 aliphatic heterocycles. The van der Waals surface area contributed by atoms with E-state index in [0.29, 0.717) is 17.3 Å². The first kappa shape index (κ1) is 17.6. The predicted molar refractivity (Wildman–Crippen MR) is 102 cm³/mol. The SMILES string of the molecule is C[C@H](Oc1cccc(Cl)c1)C(=O)NCCCN1CCc2ccccc21. The van der Waals surface area contributed by atoms with Gasteiger partial charge in [-0.05, 0) is 49.6 Å². The third-order valence-corrected chi connectivity index (χ3v) is 4.60. The zero-order valence-corrected chi connectivity index (χ0v) is 15.1. The van der Waals surface area contributed by atoms with E-state index in [9.17, 15) is 4.79 Å². The minimum absolute atomic E-state index is 0.109. The number of hydrogen-bond acceptors (Lipinski definition) is 3. The summed E-state index contributed by atoms with van der Waals surface area (Å²) >= 11 is 5.92. The third kappa shape index (κ3) is 4.67. The van der Waals surface area contributed by atoms with Crippen molar-refractivity contribution in [2.45, 2.75) is 25.9 Å². The summed E-state index contributed by atoms with van der Waals surface area (Å²) in [5.41, 5.74) is 2.74. The van der Waals surface area contributed by atoms with Crippen LogP contribution in [-0.2, 0) is 11.2 Å². The molecule has 0 spiro atoms. The van der Waals surface area contributed by atoms with Crippen LogP contribution in [0.5, 0.6) is 5.75 Å². The molecule has 3 rings (SSSR count). The Morgan fingerprint density at radius 3 is 2.96 bits per heavy atom. The van der Waals surface area contributed by atoms with Crippen LogP contribution < -0.4 is 15.0 Å². The first-order valence-electron chi connectivity index (χ1n) is 8.66. The summed E-state index contributed by atoms with van der Waals surface area (Å²) in [4.78, 5) is 14.5. The lowest BCUT2D eigenvalue weighted by atomic mass is 10.2. The molecule has 132 valence electrons. The maximum Gasteiger partial charge on any atom is 0.260 e. The van der Waals surface area contributed by atoms with Gasteiger partial charge in [-0.1, -0.05) is 35.9 Å². The number of fused-ring (bicyclic) bond motifs is 1. The summed E-state index contributed by atoms with van der Waals surface area (Å²) in [5.74, 6) is 0.491. The molecule has 1 amide bonds. The van der Waals surface area contributed by atoms with Crippen molar-refractivity contribution < 1.29 is 9.53 Å². The van der Waals surface area contributed by atoms with Crippen molar-refractivity contribution in [3.8, 4) is 5.75 Å². The van der Waals surface area contributed by atoms with Gasteiger partial charge in [-0.3, -0.25) is 4.79 Å². The number of nitrogens with one attached hydrogen (secondary N) is 1. The normalized spacial score (nSPS) is 14.1. The van der Waals surface area contributed by atoms with Gasteiger partial charge >= 0.3 is 0 Å². The molecule has 0 unspecified atom stereocenters. The highest BCUT2D eigenvalue weighted by atomic mass is 35.5. The molecule has 2 aromatic carbocycles. The molecular weight excluding hydrogens is 336 g/mol. The van der Waals surface area contributed by atoms with E-state index in [4.69, 9.17) is 16.3 Å². The number of rotatable bonds is 7. The number of para-hydroxylation sites is 1. The lowest BCUT2D eigenvalue weighted by molar-refractivity contribution is -0.127. The maximum atomic E-state index is 12.1. The molecule has 0 saturated carbocycles. The molecule has 1 atom stereocenters. The number of benzene rings is 2. The Hall–Kier alpha value is -2.20. The minimum atomic E-state index is -0.550. The van der Waals surface area contributed by atoms with Crippen LogP contribution >= 0.6 is 11.6 Å². The van der Waals surface area contributed by atoms with Gasteiger partial charge in [0.15, 0.2) is 6.10 Å². The van der Waals surface area contributed by atoms with Gasteiger partial charge in [0.2, 0.25) is 0 Å². The zero-order chi connectivity index (χ0) is 17.6. The second kappa shape index (κ2) is 8.26. The Kier molecular flexibility index (Phi) is 5.82. The summed E-state index contributed by atoms with van der Waals surface area (Å²) in [7, 11) is 0. The molecule has 1 N–H and O–H groups in total. The van der Waals surface area contributed by atoms with Crippen molar-refractivity contribution in [1.82, 2.24) is 5.32 Å². The molecule has 1 aliphatic rings. The van der Waals surface area contributed by atoms with E-state index in [1.165, 1.54) is 11.3 Å². The molecule has 5 heteroatoms. The largest absolute Gasteiger partial charge is 0.481 e. The molecule has 0 bridgehead atoms. The van der Waals surface area contributed by atoms with Crippen LogP contribution in [0.3, 0.4) is 0 Å². The van der Waals surface area contributed by atoms with E-state index < -0.39 is 6.10 Å². The Morgan fingerprint density at radius 1 is 1.28 bits per heavy atom. The highest BCUT2D eigenvalue weighted by Gasteiger charge is 2.18. The Labute approximate surface area is 153 Å². The van der Waals surface area contributed by atoms with Gasteiger partial charge in [0.05, 0.1) is 0 Å². The van der Waals surface area contributed by atoms with Crippen LogP contribution in [-0.4, -0.2) is 31.6 Å². The van der Waals surface area contributed by atoms with E-state index >= 15 is 0 Å². The van der Waals surface area contributed by atoms with Gasteiger partial charge in [0.1, 0.15) is 5.75 Å². The number of ether oxygens (including phenoxy) is 1. The molecule has 25 heavy (non-hydrogen) atoms. The molecule has 1 heterocycles. The van der Waals surface area contributed by atoms with Gasteiger partial charge in [0.25, 0.3) is 5.91 Å². The second-order valence-electron chi connectivity index (χ2n) is 6.23. The van der Waals surface area contributed by atoms with E-state index in [-0.39, 0.29) is 5.91 Å². The number of carbonyl (C=O) groups excluding carboxylic acids is 1. The number of anilines is 1. The average molecular weight is 359 g/mol. The van der Waals surface area contributed by atoms with Crippen LogP contribution in [0.15, 0.2) is 48.5 Å². The van der Waals surface area contributed by atoms with Crippen molar-refractivity contribution in [1.29, 1.82) is 0 Å². The zero-order valence-electron chi connectivity index (χ0n) is 14.4. The number of halogens is 1. The number of carbonyl (C=O) groups is 1. The molecule has 4 nitrogen and oxygen atoms in total. The first-order chi connectivity index (χ1) is 12.1. The summed E-state index contributed by atoms with van der Waals surface area (Å²) in [6, 6.07) is 15.6. The molecule has 0 fully saturated rings. The molecule has 2 aromatic rings. The minimum Gasteiger partial charge on any atom is -0.481 e.